The van der Waals surface area contributed by atoms with Crippen molar-refractivity contribution in [1.82, 2.24) is 4.90 Å². The molecule has 17 nitrogen and oxygen atoms in total. The van der Waals surface area contributed by atoms with Crippen molar-refractivity contribution < 1.29 is 77.6 Å². The van der Waals surface area contributed by atoms with Crippen molar-refractivity contribution >= 4 is 35.2 Å². The fourth-order valence-corrected chi connectivity index (χ4v) is 10.7. The lowest BCUT2D eigenvalue weighted by atomic mass is 9.78. The minimum atomic E-state index is -2.47. The fraction of sp³-hybridized carbons (Fsp3) is 0.750. The summed E-state index contributed by atoms with van der Waals surface area (Å²) < 4.78 is 35.4. The van der Waals surface area contributed by atoms with E-state index in [0.717, 1.165) is 10.5 Å². The molecule has 3 heterocycles. The predicted octanol–water partition coefficient (Wildman–Crippen LogP) is 5.72. The number of aliphatic hydroxyl groups excluding tert-OH is 3. The summed E-state index contributed by atoms with van der Waals surface area (Å²) in [4.78, 5) is 85.4. The zero-order valence-electron chi connectivity index (χ0n) is 45.3. The summed E-state index contributed by atoms with van der Waals surface area (Å²) in [6.07, 6.45) is 9.76. The summed E-state index contributed by atoms with van der Waals surface area (Å²) in [5.41, 5.74) is -0.277. The number of piperidine rings is 1. The molecule has 412 valence electrons. The molecule has 0 radical (unpaired) electrons. The molecular formula is C56H87NO16. The summed E-state index contributed by atoms with van der Waals surface area (Å²) in [5, 5.41) is 43.1. The smallest absolute Gasteiger partial charge is 0.329 e. The molecule has 0 aromatic heterocycles. The highest BCUT2D eigenvalue weighted by molar-refractivity contribution is 6.39. The van der Waals surface area contributed by atoms with Crippen molar-refractivity contribution in [2.45, 2.75) is 187 Å². The number of ketones is 3. The maximum atomic E-state index is 14.5. The van der Waals surface area contributed by atoms with Crippen molar-refractivity contribution in [1.29, 1.82) is 0 Å². The Morgan fingerprint density at radius 1 is 0.863 bits per heavy atom. The highest BCUT2D eigenvalue weighted by Crippen LogP contribution is 2.38. The van der Waals surface area contributed by atoms with E-state index < -0.39 is 120 Å². The van der Waals surface area contributed by atoms with Gasteiger partial charge >= 0.3 is 11.9 Å². The second-order valence-electron chi connectivity index (χ2n) is 21.8. The van der Waals surface area contributed by atoms with Crippen LogP contribution in [0.25, 0.3) is 0 Å². The quantitative estimate of drug-likeness (QED) is 0.0885. The van der Waals surface area contributed by atoms with Crippen LogP contribution in [0.5, 0.6) is 0 Å². The molecule has 1 saturated carbocycles. The van der Waals surface area contributed by atoms with Gasteiger partial charge in [-0.1, -0.05) is 71.1 Å². The van der Waals surface area contributed by atoms with Crippen LogP contribution >= 0.6 is 0 Å². The number of fused-ring (bicyclic) bond motifs is 3. The Bertz CT molecular complexity index is 2010. The Balaban J connectivity index is 1.69. The SMILES string of the molecule is CO[C@H]1C[C@@H]2CC[C@@H](C)[C@@](O)(O2)C(=O)C(=O)N2CCCC[C@H]2C(=O)O[C@H]([C@H](C)C[C@H]2CC[C@@H](OC(=O)C(C)(CO)CO)[C@H](O[13CH3])C2)CC(=O)[C@H](C)/C=C(\C)[C@@H](O)[C@@H](OC)C(=O)[C@H](C)C[C@H](C)/C=C/C=C/C=C/1C. The first-order valence-electron chi connectivity index (χ1n) is 26.4. The third-order valence-electron chi connectivity index (χ3n) is 15.9. The summed E-state index contributed by atoms with van der Waals surface area (Å²) in [6, 6.07) is -1.20. The number of cyclic esters (lactones) is 1. The second-order valence-corrected chi connectivity index (χ2v) is 21.8. The van der Waals surface area contributed by atoms with Gasteiger partial charge in [0.05, 0.1) is 31.5 Å². The first-order chi connectivity index (χ1) is 34.5. The number of carbonyl (C=O) groups is 6. The Labute approximate surface area is 433 Å². The number of rotatable bonds is 10. The molecule has 0 unspecified atom stereocenters. The zero-order chi connectivity index (χ0) is 54.4. The summed E-state index contributed by atoms with van der Waals surface area (Å²) in [5.74, 6) is -9.36. The molecule has 4 rings (SSSR count). The van der Waals surface area contributed by atoms with Gasteiger partial charge in [0.15, 0.2) is 5.78 Å². The number of aliphatic hydroxyl groups is 4. The molecule has 2 bridgehead atoms. The molecule has 17 heteroatoms. The van der Waals surface area contributed by atoms with Crippen LogP contribution in [0, 0.1) is 40.9 Å². The van der Waals surface area contributed by atoms with Crippen LogP contribution in [-0.4, -0.2) is 156 Å². The van der Waals surface area contributed by atoms with Crippen molar-refractivity contribution in [3.63, 3.8) is 0 Å². The Kier molecular flexibility index (Phi) is 23.9. The van der Waals surface area contributed by atoms with E-state index in [9.17, 15) is 49.2 Å². The van der Waals surface area contributed by atoms with Gasteiger partial charge in [-0.15, -0.1) is 0 Å². The molecule has 73 heavy (non-hydrogen) atoms. The first kappa shape index (κ1) is 61.6. The predicted molar refractivity (Wildman–Crippen MR) is 271 cm³/mol. The molecule has 3 aliphatic heterocycles. The van der Waals surface area contributed by atoms with Crippen LogP contribution in [-0.2, 0) is 57.2 Å². The highest BCUT2D eigenvalue weighted by atomic mass is 16.6. The average Bonchev–Trinajstić information content (AvgIpc) is 3.37. The third-order valence-corrected chi connectivity index (χ3v) is 15.9. The lowest BCUT2D eigenvalue weighted by Crippen LogP contribution is -2.61. The maximum Gasteiger partial charge on any atom is 0.329 e. The largest absolute Gasteiger partial charge is 0.460 e. The van der Waals surface area contributed by atoms with Crippen LogP contribution in [0.15, 0.2) is 47.6 Å². The number of Topliss-reactive ketones (excluding diaryl/α,β-unsaturated/α-hetero) is 3. The molecule has 0 spiro atoms. The normalized spacial score (nSPS) is 37.4. The van der Waals surface area contributed by atoms with Crippen LogP contribution < -0.4 is 0 Å². The van der Waals surface area contributed by atoms with Crippen molar-refractivity contribution in [3.05, 3.63) is 47.6 Å². The minimum absolute atomic E-state index is 0.00697. The van der Waals surface area contributed by atoms with E-state index in [1.807, 2.05) is 51.2 Å². The van der Waals surface area contributed by atoms with E-state index in [4.69, 9.17) is 28.4 Å². The maximum absolute atomic E-state index is 14.5. The first-order valence-corrected chi connectivity index (χ1v) is 26.4. The standard InChI is InChI=1S/C56H87NO16/c1-33-17-13-12-14-18-34(2)45(68-9)29-41-22-20-39(7)56(67,73-41)51(63)52(64)57-24-16-15-19-42(57)53(65)71-46(30-43(60)35(3)26-38(6)49(62)50(70-11)48(61)37(5)25-33)36(4)27-40-21-23-44(47(28-40)69-10)72-54(66)55(8,31-58)32-59/h12-14,17-18,26,33,35-37,39-42,44-47,49-50,58-59,62,67H,15-16,19-25,27-32H2,1-11H3/b14-12+,17-13+,34-18+,38-26+/t33-,35-,36-,37-,39-,40-,41+,42+,44-,45+,46+,47-,49-,50+,56-/m1/s1/i10+1. The van der Waals surface area contributed by atoms with Gasteiger partial charge in [0.2, 0.25) is 5.79 Å². The van der Waals surface area contributed by atoms with E-state index in [0.29, 0.717) is 69.8 Å². The lowest BCUT2D eigenvalue weighted by Gasteiger charge is -2.42. The molecule has 1 amide bonds. The van der Waals surface area contributed by atoms with Crippen LogP contribution in [0.2, 0.25) is 0 Å². The Morgan fingerprint density at radius 3 is 2.21 bits per heavy atom. The van der Waals surface area contributed by atoms with Gasteiger partial charge in [0.1, 0.15) is 41.7 Å². The molecule has 15 atom stereocenters. The van der Waals surface area contributed by atoms with Gasteiger partial charge in [0.25, 0.3) is 11.7 Å². The number of ether oxygens (including phenoxy) is 6. The monoisotopic (exact) mass is 1030 g/mol. The number of methoxy groups -OCH3 is 3. The molecule has 1 aliphatic carbocycles. The van der Waals surface area contributed by atoms with Crippen LogP contribution in [0.4, 0.5) is 0 Å². The van der Waals surface area contributed by atoms with Crippen LogP contribution in [0.3, 0.4) is 0 Å². The van der Waals surface area contributed by atoms with E-state index in [2.05, 4.69) is 0 Å². The molecule has 0 aromatic rings. The van der Waals surface area contributed by atoms with Gasteiger partial charge in [-0.25, -0.2) is 4.79 Å². The molecule has 0 aromatic carbocycles. The number of amides is 1. The van der Waals surface area contributed by atoms with Crippen LogP contribution in [0.1, 0.15) is 132 Å². The Hall–Kier alpha value is -3.94. The highest BCUT2D eigenvalue weighted by Gasteiger charge is 2.53. The van der Waals surface area contributed by atoms with Crippen molar-refractivity contribution in [2.24, 2.45) is 40.9 Å². The van der Waals surface area contributed by atoms with E-state index in [-0.39, 0.29) is 42.8 Å². The number of hydrogen-bond donors (Lipinski definition) is 4. The number of esters is 2. The van der Waals surface area contributed by atoms with Crippen molar-refractivity contribution in [3.8, 4) is 0 Å². The van der Waals surface area contributed by atoms with E-state index >= 15 is 0 Å². The third kappa shape index (κ3) is 16.0. The summed E-state index contributed by atoms with van der Waals surface area (Å²) in [6.45, 7) is 12.7. The Morgan fingerprint density at radius 2 is 1.56 bits per heavy atom. The molecule has 4 aliphatic rings. The topological polar surface area (TPSA) is 242 Å². The van der Waals surface area contributed by atoms with Gasteiger partial charge in [-0.3, -0.25) is 24.0 Å². The van der Waals surface area contributed by atoms with Gasteiger partial charge in [0, 0.05) is 58.5 Å². The summed E-state index contributed by atoms with van der Waals surface area (Å²) >= 11 is 0. The van der Waals surface area contributed by atoms with Gasteiger partial charge < -0.3 is 53.7 Å². The number of nitrogens with zero attached hydrogens (tertiary/aromatic N) is 1. The number of carbonyl (C=O) groups excluding carboxylic acids is 6. The molecular weight excluding hydrogens is 944 g/mol. The minimum Gasteiger partial charge on any atom is -0.460 e. The lowest BCUT2D eigenvalue weighted by molar-refractivity contribution is -0.265. The van der Waals surface area contributed by atoms with E-state index in [1.165, 1.54) is 21.1 Å². The molecule has 2 saturated heterocycles. The van der Waals surface area contributed by atoms with Gasteiger partial charge in [-0.2, -0.15) is 0 Å². The second kappa shape index (κ2) is 28.3. The van der Waals surface area contributed by atoms with Gasteiger partial charge in [-0.05, 0) is 114 Å². The average molecular weight is 1030 g/mol. The molecule has 3 fully saturated rings. The fourth-order valence-electron chi connectivity index (χ4n) is 10.7. The van der Waals surface area contributed by atoms with Crippen molar-refractivity contribution in [2.75, 3.05) is 41.1 Å². The summed E-state index contributed by atoms with van der Waals surface area (Å²) in [7, 11) is 4.43. The molecule has 4 N–H and O–H groups in total. The van der Waals surface area contributed by atoms with E-state index in [1.54, 1.807) is 40.9 Å². The number of hydrogen-bond acceptors (Lipinski definition) is 16. The number of allylic oxidation sites excluding steroid dienone is 6. The zero-order valence-corrected chi connectivity index (χ0v) is 45.3.